The normalized spacial score (nSPS) is 13.2. The Kier molecular flexibility index (Phi) is 3.39. The quantitative estimate of drug-likeness (QED) is 0.800. The van der Waals surface area contributed by atoms with Gasteiger partial charge >= 0.3 is 5.97 Å². The van der Waals surface area contributed by atoms with E-state index < -0.39 is 5.97 Å². The van der Waals surface area contributed by atoms with E-state index in [1.165, 1.54) is 7.11 Å². The lowest BCUT2D eigenvalue weighted by molar-refractivity contribution is 0.0599. The second-order valence-electron chi connectivity index (χ2n) is 4.69. The first kappa shape index (κ1) is 13.6. The Labute approximate surface area is 126 Å². The molecular formula is C16H12ClNO3. The van der Waals surface area contributed by atoms with E-state index in [0.29, 0.717) is 28.3 Å². The van der Waals surface area contributed by atoms with Crippen molar-refractivity contribution in [3.63, 3.8) is 0 Å². The number of hydrogen-bond donors (Lipinski definition) is 0. The van der Waals surface area contributed by atoms with Gasteiger partial charge in [-0.05, 0) is 42.0 Å². The van der Waals surface area contributed by atoms with Crippen molar-refractivity contribution in [3.05, 3.63) is 64.2 Å². The Hall–Kier alpha value is -2.33. The van der Waals surface area contributed by atoms with Crippen LogP contribution < -0.4 is 4.90 Å². The molecule has 0 unspecified atom stereocenters. The van der Waals surface area contributed by atoms with Crippen LogP contribution in [0.25, 0.3) is 0 Å². The zero-order valence-electron chi connectivity index (χ0n) is 11.3. The monoisotopic (exact) mass is 301 g/mol. The lowest BCUT2D eigenvalue weighted by Gasteiger charge is -2.15. The zero-order valence-corrected chi connectivity index (χ0v) is 12.1. The van der Waals surface area contributed by atoms with Crippen LogP contribution in [0, 0.1) is 0 Å². The Morgan fingerprint density at radius 2 is 1.90 bits per heavy atom. The van der Waals surface area contributed by atoms with Gasteiger partial charge in [0.05, 0.1) is 19.2 Å². The number of methoxy groups -OCH3 is 1. The molecule has 1 aliphatic rings. The molecule has 2 aromatic rings. The van der Waals surface area contributed by atoms with Crippen molar-refractivity contribution in [2.45, 2.75) is 6.54 Å². The maximum Gasteiger partial charge on any atom is 0.338 e. The van der Waals surface area contributed by atoms with Gasteiger partial charge in [0.2, 0.25) is 0 Å². The number of ether oxygens (including phenoxy) is 1. The van der Waals surface area contributed by atoms with Crippen LogP contribution in [-0.2, 0) is 11.3 Å². The fourth-order valence-corrected chi connectivity index (χ4v) is 2.59. The molecule has 1 amide bonds. The van der Waals surface area contributed by atoms with Crippen LogP contribution in [-0.4, -0.2) is 19.0 Å². The predicted molar refractivity (Wildman–Crippen MR) is 79.7 cm³/mol. The van der Waals surface area contributed by atoms with E-state index in [4.69, 9.17) is 16.3 Å². The number of hydrogen-bond acceptors (Lipinski definition) is 3. The maximum absolute atomic E-state index is 12.5. The van der Waals surface area contributed by atoms with Gasteiger partial charge in [0.1, 0.15) is 0 Å². The third-order valence-corrected chi connectivity index (χ3v) is 3.76. The highest BCUT2D eigenvalue weighted by molar-refractivity contribution is 6.30. The van der Waals surface area contributed by atoms with E-state index in [1.807, 2.05) is 0 Å². The second-order valence-corrected chi connectivity index (χ2v) is 5.13. The van der Waals surface area contributed by atoms with E-state index in [2.05, 4.69) is 0 Å². The maximum atomic E-state index is 12.5. The molecule has 4 nitrogen and oxygen atoms in total. The van der Waals surface area contributed by atoms with Crippen molar-refractivity contribution in [2.24, 2.45) is 0 Å². The van der Waals surface area contributed by atoms with Crippen LogP contribution in [0.3, 0.4) is 0 Å². The zero-order chi connectivity index (χ0) is 15.0. The number of fused-ring (bicyclic) bond motifs is 1. The third kappa shape index (κ3) is 2.28. The highest BCUT2D eigenvalue weighted by atomic mass is 35.5. The smallest absolute Gasteiger partial charge is 0.338 e. The van der Waals surface area contributed by atoms with Crippen LogP contribution >= 0.6 is 11.6 Å². The van der Waals surface area contributed by atoms with Crippen molar-refractivity contribution in [1.82, 2.24) is 0 Å². The lowest BCUT2D eigenvalue weighted by Crippen LogP contribution is -2.22. The molecule has 0 N–H and O–H groups in total. The molecule has 2 aromatic carbocycles. The van der Waals surface area contributed by atoms with Gasteiger partial charge in [-0.3, -0.25) is 4.79 Å². The Morgan fingerprint density at radius 3 is 2.57 bits per heavy atom. The average Bonchev–Trinajstić information content (AvgIpc) is 2.85. The van der Waals surface area contributed by atoms with Crippen molar-refractivity contribution >= 4 is 29.2 Å². The van der Waals surface area contributed by atoms with Gasteiger partial charge in [0.25, 0.3) is 5.91 Å². The van der Waals surface area contributed by atoms with Crippen molar-refractivity contribution in [3.8, 4) is 0 Å². The summed E-state index contributed by atoms with van der Waals surface area (Å²) in [5.74, 6) is -0.560. The lowest BCUT2D eigenvalue weighted by atomic mass is 10.0. The highest BCUT2D eigenvalue weighted by Gasteiger charge is 2.31. The summed E-state index contributed by atoms with van der Waals surface area (Å²) in [5, 5.41) is 0.609. The predicted octanol–water partition coefficient (Wildman–Crippen LogP) is 3.29. The van der Waals surface area contributed by atoms with E-state index in [1.54, 1.807) is 47.4 Å². The van der Waals surface area contributed by atoms with Gasteiger partial charge in [-0.15, -0.1) is 0 Å². The second kappa shape index (κ2) is 5.22. The molecule has 0 radical (unpaired) electrons. The summed E-state index contributed by atoms with van der Waals surface area (Å²) >= 11 is 5.86. The molecule has 21 heavy (non-hydrogen) atoms. The van der Waals surface area contributed by atoms with E-state index in [-0.39, 0.29) is 5.91 Å². The Morgan fingerprint density at radius 1 is 1.19 bits per heavy atom. The van der Waals surface area contributed by atoms with Crippen LogP contribution in [0.4, 0.5) is 5.69 Å². The van der Waals surface area contributed by atoms with Crippen LogP contribution in [0.15, 0.2) is 42.5 Å². The number of carbonyl (C=O) groups excluding carboxylic acids is 2. The SMILES string of the molecule is COC(=O)c1cccc2c1CN(c1ccc(Cl)cc1)C2=O. The van der Waals surface area contributed by atoms with Crippen molar-refractivity contribution in [1.29, 1.82) is 0 Å². The molecule has 3 rings (SSSR count). The van der Waals surface area contributed by atoms with Gasteiger partial charge < -0.3 is 9.64 Å². The number of benzene rings is 2. The fourth-order valence-electron chi connectivity index (χ4n) is 2.46. The van der Waals surface area contributed by atoms with Gasteiger partial charge in [-0.2, -0.15) is 0 Å². The molecule has 1 heterocycles. The molecule has 0 fully saturated rings. The van der Waals surface area contributed by atoms with Gasteiger partial charge in [0, 0.05) is 16.3 Å². The highest BCUT2D eigenvalue weighted by Crippen LogP contribution is 2.31. The molecule has 0 atom stereocenters. The number of rotatable bonds is 2. The fraction of sp³-hybridized carbons (Fsp3) is 0.125. The minimum atomic E-state index is -0.433. The van der Waals surface area contributed by atoms with Gasteiger partial charge in [-0.25, -0.2) is 4.79 Å². The number of anilines is 1. The largest absolute Gasteiger partial charge is 0.465 e. The van der Waals surface area contributed by atoms with E-state index >= 15 is 0 Å². The number of nitrogens with zero attached hydrogens (tertiary/aromatic N) is 1. The minimum Gasteiger partial charge on any atom is -0.465 e. The summed E-state index contributed by atoms with van der Waals surface area (Å²) in [7, 11) is 1.33. The molecule has 0 aromatic heterocycles. The average molecular weight is 302 g/mol. The number of esters is 1. The molecule has 0 saturated heterocycles. The van der Waals surface area contributed by atoms with Gasteiger partial charge in [-0.1, -0.05) is 17.7 Å². The Bertz CT molecular complexity index is 725. The van der Waals surface area contributed by atoms with E-state index in [9.17, 15) is 9.59 Å². The number of carbonyl (C=O) groups is 2. The van der Waals surface area contributed by atoms with Crippen molar-refractivity contribution in [2.75, 3.05) is 12.0 Å². The Balaban J connectivity index is 2.02. The molecule has 0 spiro atoms. The summed E-state index contributed by atoms with van der Waals surface area (Å²) in [6, 6.07) is 12.1. The topological polar surface area (TPSA) is 46.6 Å². The number of halogens is 1. The van der Waals surface area contributed by atoms with Crippen LogP contribution in [0.5, 0.6) is 0 Å². The minimum absolute atomic E-state index is 0.127. The molecule has 5 heteroatoms. The summed E-state index contributed by atoms with van der Waals surface area (Å²) in [5.41, 5.74) is 2.41. The molecule has 1 aliphatic heterocycles. The molecular weight excluding hydrogens is 290 g/mol. The summed E-state index contributed by atoms with van der Waals surface area (Å²) in [6.07, 6.45) is 0. The van der Waals surface area contributed by atoms with Crippen molar-refractivity contribution < 1.29 is 14.3 Å². The van der Waals surface area contributed by atoms with Crippen LogP contribution in [0.2, 0.25) is 5.02 Å². The van der Waals surface area contributed by atoms with Crippen LogP contribution in [0.1, 0.15) is 26.3 Å². The molecule has 0 saturated carbocycles. The first-order valence-electron chi connectivity index (χ1n) is 6.39. The summed E-state index contributed by atoms with van der Waals surface area (Å²) in [6.45, 7) is 0.348. The molecule has 0 aliphatic carbocycles. The summed E-state index contributed by atoms with van der Waals surface area (Å²) in [4.78, 5) is 25.9. The molecule has 106 valence electrons. The first-order chi connectivity index (χ1) is 10.1. The number of amides is 1. The molecule has 0 bridgehead atoms. The van der Waals surface area contributed by atoms with E-state index in [0.717, 1.165) is 5.69 Å². The van der Waals surface area contributed by atoms with Gasteiger partial charge in [0.15, 0.2) is 0 Å². The standard InChI is InChI=1S/C16H12ClNO3/c1-21-16(20)13-4-2-3-12-14(13)9-18(15(12)19)11-7-5-10(17)6-8-11/h2-8H,9H2,1H3. The first-order valence-corrected chi connectivity index (χ1v) is 6.77. The third-order valence-electron chi connectivity index (χ3n) is 3.51. The summed E-state index contributed by atoms with van der Waals surface area (Å²) < 4.78 is 4.77.